The maximum Gasteiger partial charge on any atom is 0.258 e. The zero-order valence-electron chi connectivity index (χ0n) is 12.1. The van der Waals surface area contributed by atoms with E-state index in [-0.39, 0.29) is 11.3 Å². The largest absolute Gasteiger partial charge is 0.397 e. The number of aromatic nitrogens is 3. The molecule has 20 heavy (non-hydrogen) atoms. The summed E-state index contributed by atoms with van der Waals surface area (Å²) in [5.41, 5.74) is 8.09. The van der Waals surface area contributed by atoms with Crippen LogP contribution < -0.4 is 11.1 Å². The van der Waals surface area contributed by atoms with E-state index < -0.39 is 0 Å². The summed E-state index contributed by atoms with van der Waals surface area (Å²) in [4.78, 5) is 16.3. The van der Waals surface area contributed by atoms with E-state index in [1.165, 1.54) is 6.20 Å². The molecule has 4 N–H and O–H groups in total. The van der Waals surface area contributed by atoms with Crippen molar-refractivity contribution in [2.75, 3.05) is 11.1 Å². The summed E-state index contributed by atoms with van der Waals surface area (Å²) in [6.07, 6.45) is 1.53. The van der Waals surface area contributed by atoms with Gasteiger partial charge in [0.05, 0.1) is 23.1 Å². The molecule has 0 aromatic carbocycles. The Morgan fingerprint density at radius 3 is 2.65 bits per heavy atom. The molecule has 0 aliphatic rings. The molecule has 106 valence electrons. The average Bonchev–Trinajstić information content (AvgIpc) is 2.80. The van der Waals surface area contributed by atoms with Crippen LogP contribution in [0.4, 0.5) is 11.5 Å². The highest BCUT2D eigenvalue weighted by Gasteiger charge is 2.18. The second-order valence-electron chi connectivity index (χ2n) is 5.77. The van der Waals surface area contributed by atoms with Gasteiger partial charge in [-0.15, -0.1) is 0 Å². The number of amides is 1. The van der Waals surface area contributed by atoms with E-state index >= 15 is 0 Å². The summed E-state index contributed by atoms with van der Waals surface area (Å²) in [5.74, 6) is 0.219. The van der Waals surface area contributed by atoms with E-state index in [1.807, 2.05) is 6.07 Å². The zero-order valence-corrected chi connectivity index (χ0v) is 12.1. The molecule has 0 radical (unpaired) electrons. The molecule has 0 bridgehead atoms. The molecule has 0 aliphatic heterocycles. The monoisotopic (exact) mass is 273 g/mol. The van der Waals surface area contributed by atoms with Crippen molar-refractivity contribution in [1.29, 1.82) is 0 Å². The Balaban J connectivity index is 2.20. The molecule has 0 spiro atoms. The molecule has 2 aromatic heterocycles. The lowest BCUT2D eigenvalue weighted by atomic mass is 9.92. The van der Waals surface area contributed by atoms with Crippen LogP contribution in [0.25, 0.3) is 0 Å². The summed E-state index contributed by atoms with van der Waals surface area (Å²) >= 11 is 0. The van der Waals surface area contributed by atoms with Crippen molar-refractivity contribution in [2.24, 2.45) is 0 Å². The molecule has 6 heteroatoms. The normalized spacial score (nSPS) is 11.4. The van der Waals surface area contributed by atoms with Crippen molar-refractivity contribution in [2.45, 2.75) is 33.1 Å². The van der Waals surface area contributed by atoms with Gasteiger partial charge in [-0.05, 0) is 13.0 Å². The first kappa shape index (κ1) is 14.0. The van der Waals surface area contributed by atoms with Crippen LogP contribution in [-0.4, -0.2) is 21.1 Å². The first-order valence-corrected chi connectivity index (χ1v) is 6.37. The lowest BCUT2D eigenvalue weighted by Crippen LogP contribution is -2.15. The van der Waals surface area contributed by atoms with Crippen LogP contribution in [0.1, 0.15) is 42.5 Å². The van der Waals surface area contributed by atoms with E-state index in [1.54, 1.807) is 13.0 Å². The van der Waals surface area contributed by atoms with Crippen LogP contribution in [0.15, 0.2) is 18.3 Å². The number of anilines is 2. The molecule has 0 aliphatic carbocycles. The summed E-state index contributed by atoms with van der Waals surface area (Å²) in [7, 11) is 0. The highest BCUT2D eigenvalue weighted by atomic mass is 16.1. The molecule has 0 unspecified atom stereocenters. The molecular weight excluding hydrogens is 254 g/mol. The minimum atomic E-state index is -0.269. The van der Waals surface area contributed by atoms with E-state index in [0.29, 0.717) is 22.8 Å². The number of carbonyl (C=O) groups is 1. The summed E-state index contributed by atoms with van der Waals surface area (Å²) < 4.78 is 0. The number of aromatic amines is 1. The van der Waals surface area contributed by atoms with Crippen LogP contribution in [-0.2, 0) is 5.41 Å². The summed E-state index contributed by atoms with van der Waals surface area (Å²) in [6, 6.07) is 3.43. The fourth-order valence-corrected chi connectivity index (χ4v) is 1.73. The van der Waals surface area contributed by atoms with Gasteiger partial charge in [-0.25, -0.2) is 0 Å². The quantitative estimate of drug-likeness (QED) is 0.781. The number of rotatable bonds is 2. The van der Waals surface area contributed by atoms with Gasteiger partial charge in [0.2, 0.25) is 0 Å². The Kier molecular flexibility index (Phi) is 3.48. The summed E-state index contributed by atoms with van der Waals surface area (Å²) in [6.45, 7) is 7.97. The number of nitrogens with one attached hydrogen (secondary N) is 2. The second-order valence-corrected chi connectivity index (χ2v) is 5.77. The number of nitrogen functional groups attached to an aromatic ring is 1. The standard InChI is InChI=1S/C14H19N5O/c1-8-10(5-9(15)7-16-8)13(20)17-12-6-11(18-19-12)14(2,3)4/h5-7H,15H2,1-4H3,(H2,17,18,19,20). The highest BCUT2D eigenvalue weighted by Crippen LogP contribution is 2.22. The van der Waals surface area contributed by atoms with E-state index in [0.717, 1.165) is 5.69 Å². The van der Waals surface area contributed by atoms with Crippen LogP contribution in [0.2, 0.25) is 0 Å². The number of aryl methyl sites for hydroxylation is 1. The number of H-pyrrole nitrogens is 1. The van der Waals surface area contributed by atoms with Gasteiger partial charge in [-0.2, -0.15) is 5.10 Å². The number of pyridine rings is 1. The maximum atomic E-state index is 12.2. The van der Waals surface area contributed by atoms with E-state index in [4.69, 9.17) is 5.73 Å². The average molecular weight is 273 g/mol. The van der Waals surface area contributed by atoms with Gasteiger partial charge in [0, 0.05) is 17.2 Å². The fourth-order valence-electron chi connectivity index (χ4n) is 1.73. The first-order chi connectivity index (χ1) is 9.27. The van der Waals surface area contributed by atoms with Gasteiger partial charge < -0.3 is 11.1 Å². The van der Waals surface area contributed by atoms with Gasteiger partial charge in [-0.3, -0.25) is 14.9 Å². The van der Waals surface area contributed by atoms with Gasteiger partial charge in [0.25, 0.3) is 5.91 Å². The van der Waals surface area contributed by atoms with Crippen LogP contribution in [0.5, 0.6) is 0 Å². The predicted octanol–water partition coefficient (Wildman–Crippen LogP) is 2.25. The third-order valence-corrected chi connectivity index (χ3v) is 2.98. The molecule has 2 heterocycles. The lowest BCUT2D eigenvalue weighted by Gasteiger charge is -2.14. The van der Waals surface area contributed by atoms with Crippen LogP contribution in [0.3, 0.4) is 0 Å². The smallest absolute Gasteiger partial charge is 0.258 e. The Hall–Kier alpha value is -2.37. The maximum absolute atomic E-state index is 12.2. The highest BCUT2D eigenvalue weighted by molar-refractivity contribution is 6.05. The van der Waals surface area contributed by atoms with Gasteiger partial charge in [0.15, 0.2) is 5.82 Å². The Morgan fingerprint density at radius 2 is 2.05 bits per heavy atom. The molecular formula is C14H19N5O. The van der Waals surface area contributed by atoms with E-state index in [2.05, 4.69) is 41.3 Å². The summed E-state index contributed by atoms with van der Waals surface area (Å²) in [5, 5.41) is 9.76. The molecule has 0 atom stereocenters. The zero-order chi connectivity index (χ0) is 14.9. The van der Waals surface area contributed by atoms with Gasteiger partial charge in [0.1, 0.15) is 0 Å². The molecule has 2 aromatic rings. The molecule has 1 amide bonds. The van der Waals surface area contributed by atoms with Crippen molar-refractivity contribution in [3.05, 3.63) is 35.3 Å². The van der Waals surface area contributed by atoms with Crippen molar-refractivity contribution < 1.29 is 4.79 Å². The van der Waals surface area contributed by atoms with Crippen LogP contribution >= 0.6 is 0 Å². The Morgan fingerprint density at radius 1 is 1.35 bits per heavy atom. The Labute approximate surface area is 117 Å². The molecule has 6 nitrogen and oxygen atoms in total. The van der Waals surface area contributed by atoms with Crippen molar-refractivity contribution in [1.82, 2.24) is 15.2 Å². The number of nitrogens with two attached hydrogens (primary N) is 1. The second kappa shape index (κ2) is 4.96. The molecule has 0 saturated heterocycles. The minimum absolute atomic E-state index is 0.0510. The first-order valence-electron chi connectivity index (χ1n) is 6.37. The fraction of sp³-hybridized carbons (Fsp3) is 0.357. The Bertz CT molecular complexity index is 639. The van der Waals surface area contributed by atoms with Crippen molar-refractivity contribution in [3.63, 3.8) is 0 Å². The number of hydrogen-bond acceptors (Lipinski definition) is 4. The third-order valence-electron chi connectivity index (χ3n) is 2.98. The molecule has 0 saturated carbocycles. The van der Waals surface area contributed by atoms with Gasteiger partial charge >= 0.3 is 0 Å². The number of nitrogens with zero attached hydrogens (tertiary/aromatic N) is 2. The number of hydrogen-bond donors (Lipinski definition) is 3. The SMILES string of the molecule is Cc1ncc(N)cc1C(=O)Nc1cc(C(C)(C)C)[nH]n1. The van der Waals surface area contributed by atoms with Gasteiger partial charge in [-0.1, -0.05) is 20.8 Å². The molecule has 0 fully saturated rings. The lowest BCUT2D eigenvalue weighted by molar-refractivity contribution is 0.102. The predicted molar refractivity (Wildman–Crippen MR) is 78.6 cm³/mol. The van der Waals surface area contributed by atoms with Crippen molar-refractivity contribution >= 4 is 17.4 Å². The third kappa shape index (κ3) is 2.96. The topological polar surface area (TPSA) is 96.7 Å². The van der Waals surface area contributed by atoms with Crippen LogP contribution in [0, 0.1) is 6.92 Å². The van der Waals surface area contributed by atoms with Crippen molar-refractivity contribution in [3.8, 4) is 0 Å². The van der Waals surface area contributed by atoms with E-state index in [9.17, 15) is 4.79 Å². The minimum Gasteiger partial charge on any atom is -0.397 e. The molecule has 2 rings (SSSR count). The number of carbonyl (C=O) groups excluding carboxylic acids is 1.